The number of hydrogen-bond acceptors (Lipinski definition) is 3. The van der Waals surface area contributed by atoms with Crippen LogP contribution in [-0.4, -0.2) is 25.7 Å². The van der Waals surface area contributed by atoms with Crippen LogP contribution in [0.5, 0.6) is 11.5 Å². The molecule has 4 heteroatoms. The van der Waals surface area contributed by atoms with Crippen molar-refractivity contribution in [2.24, 2.45) is 0 Å². The number of benzene rings is 3. The molecule has 0 unspecified atom stereocenters. The van der Waals surface area contributed by atoms with Gasteiger partial charge in [-0.15, -0.1) is 0 Å². The Labute approximate surface area is 172 Å². The lowest BCUT2D eigenvalue weighted by Crippen LogP contribution is -2.32. The van der Waals surface area contributed by atoms with Crippen LogP contribution in [0.4, 0.5) is 0 Å². The van der Waals surface area contributed by atoms with E-state index in [1.165, 1.54) is 5.56 Å². The van der Waals surface area contributed by atoms with Gasteiger partial charge in [-0.1, -0.05) is 74.9 Å². The summed E-state index contributed by atoms with van der Waals surface area (Å²) >= 11 is 0. The fourth-order valence-electron chi connectivity index (χ4n) is 3.22. The zero-order valence-corrected chi connectivity index (χ0v) is 17.6. The first-order chi connectivity index (χ1) is 13.8. The van der Waals surface area contributed by atoms with E-state index in [4.69, 9.17) is 9.47 Å². The molecule has 0 saturated carbocycles. The predicted molar refractivity (Wildman–Crippen MR) is 118 cm³/mol. The number of carbonyl (C=O) groups excluding carboxylic acids is 1. The van der Waals surface area contributed by atoms with Gasteiger partial charge in [0.15, 0.2) is 6.61 Å². The molecule has 152 valence electrons. The highest BCUT2D eigenvalue weighted by molar-refractivity contribution is 5.88. The number of nitrogens with one attached hydrogen (secondary N) is 1. The third-order valence-corrected chi connectivity index (χ3v) is 4.73. The Hall–Kier alpha value is -3.01. The van der Waals surface area contributed by atoms with E-state index in [1.54, 1.807) is 0 Å². The molecule has 0 aliphatic rings. The predicted octanol–water partition coefficient (Wildman–Crippen LogP) is 5.02. The van der Waals surface area contributed by atoms with Crippen LogP contribution in [0.15, 0.2) is 60.7 Å². The third-order valence-electron chi connectivity index (χ3n) is 4.73. The van der Waals surface area contributed by atoms with Crippen molar-refractivity contribution in [3.05, 3.63) is 71.8 Å². The Kier molecular flexibility index (Phi) is 6.42. The molecular formula is C25H29NO3. The van der Waals surface area contributed by atoms with Gasteiger partial charge in [0.05, 0.1) is 6.54 Å². The van der Waals surface area contributed by atoms with E-state index in [1.807, 2.05) is 42.5 Å². The summed E-state index contributed by atoms with van der Waals surface area (Å²) in [6, 6.07) is 20.1. The minimum absolute atomic E-state index is 0.0135. The van der Waals surface area contributed by atoms with Gasteiger partial charge in [-0.2, -0.15) is 0 Å². The minimum atomic E-state index is -0.160. The molecule has 0 radical (unpaired) electrons. The number of hydrogen-bond donors (Lipinski definition) is 1. The van der Waals surface area contributed by atoms with E-state index in [0.717, 1.165) is 27.8 Å². The van der Waals surface area contributed by atoms with Gasteiger partial charge in [-0.05, 0) is 35.4 Å². The molecule has 0 atom stereocenters. The molecule has 1 N–H and O–H groups in total. The maximum atomic E-state index is 12.2. The largest absolute Gasteiger partial charge is 0.491 e. The summed E-state index contributed by atoms with van der Waals surface area (Å²) in [5, 5.41) is 5.05. The molecule has 0 aliphatic carbocycles. The number of aryl methyl sites for hydroxylation is 1. The van der Waals surface area contributed by atoms with Gasteiger partial charge in [0, 0.05) is 5.39 Å². The second-order valence-electron chi connectivity index (χ2n) is 8.21. The smallest absolute Gasteiger partial charge is 0.258 e. The molecule has 3 aromatic carbocycles. The zero-order chi connectivity index (χ0) is 20.9. The Morgan fingerprint density at radius 2 is 1.69 bits per heavy atom. The van der Waals surface area contributed by atoms with Gasteiger partial charge in [0.25, 0.3) is 5.91 Å². The Morgan fingerprint density at radius 1 is 0.931 bits per heavy atom. The van der Waals surface area contributed by atoms with Crippen LogP contribution in [0.25, 0.3) is 10.8 Å². The standard InChI is InChI=1S/C25H29NO3/c1-18-12-13-23(21(16-18)25(2,3)4)29-17-24(27)26-14-15-28-22-11-7-9-19-8-5-6-10-20(19)22/h5-13,16H,14-15,17H2,1-4H3,(H,26,27). The SMILES string of the molecule is Cc1ccc(OCC(=O)NCCOc2cccc3ccccc23)c(C(C)(C)C)c1. The summed E-state index contributed by atoms with van der Waals surface area (Å²) < 4.78 is 11.7. The first-order valence-corrected chi connectivity index (χ1v) is 9.96. The van der Waals surface area contributed by atoms with Crippen molar-refractivity contribution in [1.82, 2.24) is 5.32 Å². The number of fused-ring (bicyclic) bond motifs is 1. The third kappa shape index (κ3) is 5.50. The van der Waals surface area contributed by atoms with Crippen molar-refractivity contribution in [1.29, 1.82) is 0 Å². The molecule has 0 saturated heterocycles. The number of ether oxygens (including phenoxy) is 2. The second-order valence-corrected chi connectivity index (χ2v) is 8.21. The van der Waals surface area contributed by atoms with E-state index in [0.29, 0.717) is 13.2 Å². The molecule has 0 fully saturated rings. The topological polar surface area (TPSA) is 47.6 Å². The number of amides is 1. The van der Waals surface area contributed by atoms with Gasteiger partial charge in [-0.3, -0.25) is 4.79 Å². The maximum Gasteiger partial charge on any atom is 0.258 e. The molecule has 0 aliphatic heterocycles. The van der Waals surface area contributed by atoms with Crippen molar-refractivity contribution in [3.8, 4) is 11.5 Å². The maximum absolute atomic E-state index is 12.2. The molecule has 29 heavy (non-hydrogen) atoms. The number of rotatable bonds is 7. The molecular weight excluding hydrogens is 362 g/mol. The fraction of sp³-hybridized carbons (Fsp3) is 0.320. The molecule has 1 amide bonds. The van der Waals surface area contributed by atoms with Gasteiger partial charge >= 0.3 is 0 Å². The van der Waals surface area contributed by atoms with Crippen molar-refractivity contribution >= 4 is 16.7 Å². The highest BCUT2D eigenvalue weighted by Gasteiger charge is 2.19. The van der Waals surface area contributed by atoms with E-state index in [-0.39, 0.29) is 17.9 Å². The zero-order valence-electron chi connectivity index (χ0n) is 17.6. The van der Waals surface area contributed by atoms with Gasteiger partial charge in [0.2, 0.25) is 0 Å². The molecule has 0 aromatic heterocycles. The lowest BCUT2D eigenvalue weighted by Gasteiger charge is -2.23. The summed E-state index contributed by atoms with van der Waals surface area (Å²) in [4.78, 5) is 12.2. The van der Waals surface area contributed by atoms with Crippen LogP contribution in [0, 0.1) is 6.92 Å². The van der Waals surface area contributed by atoms with Crippen LogP contribution in [0.1, 0.15) is 31.9 Å². The van der Waals surface area contributed by atoms with Crippen LogP contribution in [0.3, 0.4) is 0 Å². The Bertz CT molecular complexity index is 984. The van der Waals surface area contributed by atoms with E-state index in [2.05, 4.69) is 51.2 Å². The highest BCUT2D eigenvalue weighted by atomic mass is 16.5. The first kappa shape index (κ1) is 20.7. The summed E-state index contributed by atoms with van der Waals surface area (Å²) in [7, 11) is 0. The molecule has 0 spiro atoms. The van der Waals surface area contributed by atoms with Gasteiger partial charge < -0.3 is 14.8 Å². The molecule has 4 nitrogen and oxygen atoms in total. The van der Waals surface area contributed by atoms with Crippen molar-refractivity contribution in [3.63, 3.8) is 0 Å². The lowest BCUT2D eigenvalue weighted by molar-refractivity contribution is -0.123. The van der Waals surface area contributed by atoms with E-state index >= 15 is 0 Å². The second kappa shape index (κ2) is 8.99. The summed E-state index contributed by atoms with van der Waals surface area (Å²) in [5.74, 6) is 1.42. The van der Waals surface area contributed by atoms with Gasteiger partial charge in [0.1, 0.15) is 18.1 Å². The molecule has 3 aromatic rings. The normalized spacial score (nSPS) is 11.3. The summed E-state index contributed by atoms with van der Waals surface area (Å²) in [6.07, 6.45) is 0. The molecule has 0 bridgehead atoms. The van der Waals surface area contributed by atoms with Crippen molar-refractivity contribution in [2.75, 3.05) is 19.8 Å². The lowest BCUT2D eigenvalue weighted by atomic mass is 9.85. The quantitative estimate of drug-likeness (QED) is 0.575. The Balaban J connectivity index is 1.49. The van der Waals surface area contributed by atoms with Crippen LogP contribution in [-0.2, 0) is 10.2 Å². The molecule has 3 rings (SSSR count). The molecule has 0 heterocycles. The van der Waals surface area contributed by atoms with E-state index < -0.39 is 0 Å². The van der Waals surface area contributed by atoms with Crippen LogP contribution < -0.4 is 14.8 Å². The monoisotopic (exact) mass is 391 g/mol. The highest BCUT2D eigenvalue weighted by Crippen LogP contribution is 2.32. The summed E-state index contributed by atoms with van der Waals surface area (Å²) in [6.45, 7) is 9.28. The average Bonchev–Trinajstić information content (AvgIpc) is 2.69. The van der Waals surface area contributed by atoms with Gasteiger partial charge in [-0.25, -0.2) is 0 Å². The van der Waals surface area contributed by atoms with E-state index in [9.17, 15) is 4.79 Å². The van der Waals surface area contributed by atoms with Crippen molar-refractivity contribution < 1.29 is 14.3 Å². The van der Waals surface area contributed by atoms with Crippen LogP contribution in [0.2, 0.25) is 0 Å². The average molecular weight is 392 g/mol. The summed E-state index contributed by atoms with van der Waals surface area (Å²) in [5.41, 5.74) is 2.23. The fourth-order valence-corrected chi connectivity index (χ4v) is 3.22. The number of carbonyl (C=O) groups is 1. The van der Waals surface area contributed by atoms with Crippen LogP contribution >= 0.6 is 0 Å². The minimum Gasteiger partial charge on any atom is -0.491 e. The first-order valence-electron chi connectivity index (χ1n) is 9.96. The van der Waals surface area contributed by atoms with Crippen molar-refractivity contribution in [2.45, 2.75) is 33.1 Å². The Morgan fingerprint density at radius 3 is 2.48 bits per heavy atom.